The van der Waals surface area contributed by atoms with Crippen molar-refractivity contribution < 1.29 is 23.9 Å². The zero-order valence-corrected chi connectivity index (χ0v) is 11.5. The average Bonchev–Trinajstić information content (AvgIpc) is 2.24. The van der Waals surface area contributed by atoms with Gasteiger partial charge in [0.1, 0.15) is 17.9 Å². The quantitative estimate of drug-likeness (QED) is 0.594. The van der Waals surface area contributed by atoms with E-state index < -0.39 is 23.7 Å². The molecule has 1 amide bonds. The highest BCUT2D eigenvalue weighted by Gasteiger charge is 2.26. The molecule has 0 unspecified atom stereocenters. The van der Waals surface area contributed by atoms with Gasteiger partial charge in [-0.3, -0.25) is 0 Å². The van der Waals surface area contributed by atoms with Crippen molar-refractivity contribution >= 4 is 18.3 Å². The Morgan fingerprint density at radius 1 is 1.33 bits per heavy atom. The fourth-order valence-corrected chi connectivity index (χ4v) is 1.23. The van der Waals surface area contributed by atoms with E-state index in [1.54, 1.807) is 27.7 Å². The lowest BCUT2D eigenvalue weighted by molar-refractivity contribution is -0.143. The summed E-state index contributed by atoms with van der Waals surface area (Å²) in [6.07, 6.45) is 0.179. The Hall–Kier alpha value is -1.59. The molecule has 1 N–H and O–H groups in total. The molecule has 0 saturated carbocycles. The van der Waals surface area contributed by atoms with E-state index in [9.17, 15) is 14.4 Å². The van der Waals surface area contributed by atoms with E-state index in [0.717, 1.165) is 0 Å². The highest BCUT2D eigenvalue weighted by molar-refractivity contribution is 5.81. The van der Waals surface area contributed by atoms with Gasteiger partial charge in [-0.25, -0.2) is 9.59 Å². The van der Waals surface area contributed by atoms with E-state index in [4.69, 9.17) is 4.74 Å². The molecule has 0 aromatic rings. The summed E-state index contributed by atoms with van der Waals surface area (Å²) in [5, 5.41) is 2.39. The number of hydrogen-bond acceptors (Lipinski definition) is 5. The first-order valence-corrected chi connectivity index (χ1v) is 5.72. The standard InChI is InChI=1S/C12H21NO5/c1-8(7-14)6-9(10(15)17-5)13-11(16)18-12(2,3)4/h7-9H,6H2,1-5H3,(H,13,16)/t8-,9-/m0/s1. The summed E-state index contributed by atoms with van der Waals surface area (Å²) < 4.78 is 9.60. The molecule has 0 fully saturated rings. The summed E-state index contributed by atoms with van der Waals surface area (Å²) in [5.41, 5.74) is -0.652. The maximum atomic E-state index is 11.5. The van der Waals surface area contributed by atoms with Crippen molar-refractivity contribution in [1.82, 2.24) is 5.32 Å². The van der Waals surface area contributed by atoms with Crippen LogP contribution in [0.5, 0.6) is 0 Å². The van der Waals surface area contributed by atoms with Crippen molar-refractivity contribution in [2.24, 2.45) is 5.92 Å². The third-order valence-electron chi connectivity index (χ3n) is 2.02. The Kier molecular flexibility index (Phi) is 6.36. The second kappa shape index (κ2) is 6.98. The van der Waals surface area contributed by atoms with Gasteiger partial charge in [-0.15, -0.1) is 0 Å². The fourth-order valence-electron chi connectivity index (χ4n) is 1.23. The van der Waals surface area contributed by atoms with Gasteiger partial charge in [-0.1, -0.05) is 6.92 Å². The normalized spacial score (nSPS) is 14.3. The maximum Gasteiger partial charge on any atom is 0.408 e. The molecule has 0 radical (unpaired) electrons. The van der Waals surface area contributed by atoms with Gasteiger partial charge in [0.2, 0.25) is 0 Å². The summed E-state index contributed by atoms with van der Waals surface area (Å²) in [6, 6.07) is -0.884. The predicted octanol–water partition coefficient (Wildman–Crippen LogP) is 1.28. The molecule has 0 bridgehead atoms. The molecule has 0 aromatic heterocycles. The molecule has 0 aliphatic rings. The minimum atomic E-state index is -0.884. The van der Waals surface area contributed by atoms with E-state index in [0.29, 0.717) is 6.29 Å². The SMILES string of the molecule is COC(=O)[C@H](C[C@H](C)C=O)NC(=O)OC(C)(C)C. The fraction of sp³-hybridized carbons (Fsp3) is 0.750. The number of aldehydes is 1. The predicted molar refractivity (Wildman–Crippen MR) is 65.0 cm³/mol. The summed E-state index contributed by atoms with van der Waals surface area (Å²) in [6.45, 7) is 6.80. The molecule has 0 rings (SSSR count). The smallest absolute Gasteiger partial charge is 0.408 e. The molecule has 2 atom stereocenters. The zero-order valence-electron chi connectivity index (χ0n) is 11.5. The highest BCUT2D eigenvalue weighted by atomic mass is 16.6. The Balaban J connectivity index is 4.54. The van der Waals surface area contributed by atoms with Crippen molar-refractivity contribution in [3.63, 3.8) is 0 Å². The van der Waals surface area contributed by atoms with Gasteiger partial charge in [0, 0.05) is 5.92 Å². The minimum absolute atomic E-state index is 0.176. The number of carbonyl (C=O) groups excluding carboxylic acids is 3. The lowest BCUT2D eigenvalue weighted by atomic mass is 10.0. The van der Waals surface area contributed by atoms with E-state index in [1.165, 1.54) is 7.11 Å². The van der Waals surface area contributed by atoms with Crippen LogP contribution in [0.25, 0.3) is 0 Å². The van der Waals surface area contributed by atoms with Crippen molar-refractivity contribution in [2.45, 2.75) is 45.8 Å². The van der Waals surface area contributed by atoms with Crippen LogP contribution in [0, 0.1) is 5.92 Å². The van der Waals surface area contributed by atoms with Gasteiger partial charge in [0.25, 0.3) is 0 Å². The van der Waals surface area contributed by atoms with Crippen LogP contribution in [-0.4, -0.2) is 37.1 Å². The number of hydrogen-bond donors (Lipinski definition) is 1. The number of nitrogens with one attached hydrogen (secondary N) is 1. The van der Waals surface area contributed by atoms with Gasteiger partial charge in [0.15, 0.2) is 0 Å². The first-order chi connectivity index (χ1) is 8.19. The van der Waals surface area contributed by atoms with Crippen LogP contribution in [0.4, 0.5) is 4.79 Å². The summed E-state index contributed by atoms with van der Waals surface area (Å²) in [4.78, 5) is 33.6. The summed E-state index contributed by atoms with van der Waals surface area (Å²) >= 11 is 0. The lowest BCUT2D eigenvalue weighted by Gasteiger charge is -2.23. The third kappa shape index (κ3) is 6.88. The van der Waals surface area contributed by atoms with Crippen LogP contribution in [0.1, 0.15) is 34.1 Å². The maximum absolute atomic E-state index is 11.5. The zero-order chi connectivity index (χ0) is 14.3. The molecular weight excluding hydrogens is 238 g/mol. The van der Waals surface area contributed by atoms with Crippen molar-refractivity contribution in [3.05, 3.63) is 0 Å². The van der Waals surface area contributed by atoms with Crippen molar-refractivity contribution in [1.29, 1.82) is 0 Å². The molecule has 6 heteroatoms. The molecule has 0 heterocycles. The van der Waals surface area contributed by atoms with Crippen molar-refractivity contribution in [2.75, 3.05) is 7.11 Å². The number of methoxy groups -OCH3 is 1. The third-order valence-corrected chi connectivity index (χ3v) is 2.02. The molecule has 0 aliphatic heterocycles. The van der Waals surface area contributed by atoms with Gasteiger partial charge < -0.3 is 19.6 Å². The van der Waals surface area contributed by atoms with Crippen LogP contribution in [0.2, 0.25) is 0 Å². The Morgan fingerprint density at radius 3 is 2.28 bits per heavy atom. The van der Waals surface area contributed by atoms with E-state index in [2.05, 4.69) is 10.1 Å². The van der Waals surface area contributed by atoms with Gasteiger partial charge >= 0.3 is 12.1 Å². The minimum Gasteiger partial charge on any atom is -0.467 e. The Morgan fingerprint density at radius 2 is 1.89 bits per heavy atom. The first-order valence-electron chi connectivity index (χ1n) is 5.72. The number of ether oxygens (including phenoxy) is 2. The van der Waals surface area contributed by atoms with Gasteiger partial charge in [-0.05, 0) is 27.2 Å². The molecule has 0 saturated heterocycles. The topological polar surface area (TPSA) is 81.7 Å². The second-order valence-electron chi connectivity index (χ2n) is 5.07. The van der Waals surface area contributed by atoms with E-state index in [1.807, 2.05) is 0 Å². The average molecular weight is 259 g/mol. The largest absolute Gasteiger partial charge is 0.467 e. The van der Waals surface area contributed by atoms with E-state index in [-0.39, 0.29) is 12.3 Å². The molecule has 6 nitrogen and oxygen atoms in total. The van der Waals surface area contributed by atoms with Crippen LogP contribution in [-0.2, 0) is 19.1 Å². The molecular formula is C12H21NO5. The Bertz CT molecular complexity index is 308. The van der Waals surface area contributed by atoms with Crippen LogP contribution in [0.15, 0.2) is 0 Å². The Labute approximate surface area is 107 Å². The number of esters is 1. The van der Waals surface area contributed by atoms with Crippen LogP contribution in [0.3, 0.4) is 0 Å². The second-order valence-corrected chi connectivity index (χ2v) is 5.07. The van der Waals surface area contributed by atoms with Crippen molar-refractivity contribution in [3.8, 4) is 0 Å². The molecule has 0 aromatic carbocycles. The number of rotatable bonds is 5. The monoisotopic (exact) mass is 259 g/mol. The number of carbonyl (C=O) groups is 3. The first kappa shape index (κ1) is 16.4. The summed E-state index contributed by atoms with van der Waals surface area (Å²) in [7, 11) is 1.22. The lowest BCUT2D eigenvalue weighted by Crippen LogP contribution is -2.44. The van der Waals surface area contributed by atoms with Crippen LogP contribution >= 0.6 is 0 Å². The highest BCUT2D eigenvalue weighted by Crippen LogP contribution is 2.09. The molecule has 0 spiro atoms. The van der Waals surface area contributed by atoms with Crippen LogP contribution < -0.4 is 5.32 Å². The molecule has 18 heavy (non-hydrogen) atoms. The van der Waals surface area contributed by atoms with E-state index >= 15 is 0 Å². The number of amides is 1. The number of alkyl carbamates (subject to hydrolysis) is 1. The van der Waals surface area contributed by atoms with Gasteiger partial charge in [-0.2, -0.15) is 0 Å². The molecule has 104 valence electrons. The molecule has 0 aliphatic carbocycles. The van der Waals surface area contributed by atoms with Gasteiger partial charge in [0.05, 0.1) is 7.11 Å². The summed E-state index contributed by atoms with van der Waals surface area (Å²) in [5.74, 6) is -0.960.